The number of ether oxygens (including phenoxy) is 4. The second kappa shape index (κ2) is 16.9. The molecule has 0 saturated carbocycles. The number of nitrogens with zero attached hydrogens (tertiary/aromatic N) is 2. The Morgan fingerprint density at radius 3 is 2.02 bits per heavy atom. The summed E-state index contributed by atoms with van der Waals surface area (Å²) in [5, 5.41) is 9.81. The van der Waals surface area contributed by atoms with Gasteiger partial charge in [-0.15, -0.1) is 0 Å². The number of H-pyrrole nitrogens is 1. The molecule has 0 atom stereocenters. The maximum absolute atomic E-state index is 13.7. The summed E-state index contributed by atoms with van der Waals surface area (Å²) in [5.74, 6) is -0.878. The first-order valence-corrected chi connectivity index (χ1v) is 16.2. The standard InChI is InChI=1S/C27H35Cl2N4O11P/c1-16(2)43-26(36)39-14-41-45(38,42-15-40-27(37)44-17(3)4)33-10-8-19(9-11-33)31-25(35)24-18(13-30-32-24)12-22(34)23-20(28)6-5-7-21(23)29/h5-7,13,16-17,19H,8-12,14-15H2,1-4H3,(H,30,32)(H,31,35). The number of piperidine rings is 1. The Bertz CT molecular complexity index is 1340. The van der Waals surface area contributed by atoms with Gasteiger partial charge in [0.1, 0.15) is 5.69 Å². The van der Waals surface area contributed by atoms with Crippen LogP contribution in [-0.4, -0.2) is 83.8 Å². The largest absolute Gasteiger partial charge is 0.510 e. The number of Topliss-reactive ketones (excluding diaryl/α,β-unsaturated/α-hetero) is 1. The zero-order valence-corrected chi connectivity index (χ0v) is 27.5. The number of carbonyl (C=O) groups excluding carboxylic acids is 4. The van der Waals surface area contributed by atoms with E-state index in [0.717, 1.165) is 0 Å². The molecule has 0 spiro atoms. The van der Waals surface area contributed by atoms with Gasteiger partial charge in [-0.3, -0.25) is 23.7 Å². The van der Waals surface area contributed by atoms with E-state index >= 15 is 0 Å². The Morgan fingerprint density at radius 1 is 0.978 bits per heavy atom. The van der Waals surface area contributed by atoms with Crippen LogP contribution >= 0.6 is 30.9 Å². The fourth-order valence-electron chi connectivity index (χ4n) is 4.12. The number of halogens is 2. The summed E-state index contributed by atoms with van der Waals surface area (Å²) in [6.45, 7) is 5.19. The van der Waals surface area contributed by atoms with Crippen LogP contribution in [-0.2, 0) is 39.0 Å². The molecule has 1 fully saturated rings. The van der Waals surface area contributed by atoms with Gasteiger partial charge in [0.2, 0.25) is 13.6 Å². The number of rotatable bonds is 14. The van der Waals surface area contributed by atoms with Crippen LogP contribution in [0.4, 0.5) is 9.59 Å². The van der Waals surface area contributed by atoms with Gasteiger partial charge in [0.05, 0.1) is 34.0 Å². The van der Waals surface area contributed by atoms with E-state index in [1.54, 1.807) is 45.9 Å². The van der Waals surface area contributed by atoms with Crippen molar-refractivity contribution in [1.29, 1.82) is 0 Å². The van der Waals surface area contributed by atoms with E-state index in [9.17, 15) is 23.7 Å². The number of nitrogens with one attached hydrogen (secondary N) is 2. The van der Waals surface area contributed by atoms with Crippen molar-refractivity contribution in [2.24, 2.45) is 0 Å². The summed E-state index contributed by atoms with van der Waals surface area (Å²) in [6.07, 6.45) is -1.14. The van der Waals surface area contributed by atoms with Gasteiger partial charge in [0.15, 0.2) is 5.78 Å². The molecule has 1 amide bonds. The molecule has 2 heterocycles. The molecule has 18 heteroatoms. The van der Waals surface area contributed by atoms with Crippen LogP contribution < -0.4 is 5.32 Å². The van der Waals surface area contributed by atoms with Crippen LogP contribution in [0, 0.1) is 0 Å². The third-order valence-corrected chi connectivity index (χ3v) is 8.73. The average molecular weight is 693 g/mol. The topological polar surface area (TPSA) is 185 Å². The maximum Gasteiger partial charge on any atom is 0.510 e. The molecule has 0 aliphatic carbocycles. The highest BCUT2D eigenvalue weighted by Gasteiger charge is 2.38. The van der Waals surface area contributed by atoms with E-state index in [1.165, 1.54) is 10.9 Å². The van der Waals surface area contributed by atoms with E-state index in [4.69, 9.17) is 51.2 Å². The van der Waals surface area contributed by atoms with Crippen LogP contribution in [0.25, 0.3) is 0 Å². The molecule has 0 radical (unpaired) electrons. The van der Waals surface area contributed by atoms with Gasteiger partial charge in [-0.25, -0.2) is 18.8 Å². The fourth-order valence-corrected chi connectivity index (χ4v) is 6.22. The van der Waals surface area contributed by atoms with E-state index < -0.39 is 51.8 Å². The number of carbonyl (C=O) groups is 4. The highest BCUT2D eigenvalue weighted by atomic mass is 35.5. The molecular formula is C27H35Cl2N4O11P. The second-order valence-electron chi connectivity index (χ2n) is 10.3. The normalized spacial score (nSPS) is 14.3. The van der Waals surface area contributed by atoms with Crippen molar-refractivity contribution < 1.29 is 51.7 Å². The van der Waals surface area contributed by atoms with Crippen molar-refractivity contribution in [3.63, 3.8) is 0 Å². The molecule has 15 nitrogen and oxygen atoms in total. The summed E-state index contributed by atoms with van der Waals surface area (Å²) >= 11 is 12.3. The lowest BCUT2D eigenvalue weighted by atomic mass is 10.0. The van der Waals surface area contributed by atoms with E-state index in [-0.39, 0.29) is 52.6 Å². The number of hydrogen-bond donors (Lipinski definition) is 2. The van der Waals surface area contributed by atoms with Crippen molar-refractivity contribution in [1.82, 2.24) is 20.2 Å². The second-order valence-corrected chi connectivity index (χ2v) is 13.1. The summed E-state index contributed by atoms with van der Waals surface area (Å²) in [7, 11) is -4.17. The SMILES string of the molecule is CC(C)OC(=O)OCOP(=O)(OCOC(=O)OC(C)C)N1CCC(NC(=O)c2[nH]ncc2CC(=O)c2c(Cl)cccc2Cl)CC1. The molecule has 1 aromatic carbocycles. The van der Waals surface area contributed by atoms with Gasteiger partial charge >= 0.3 is 20.1 Å². The third kappa shape index (κ3) is 11.0. The average Bonchev–Trinajstić information content (AvgIpc) is 3.40. The molecule has 2 N–H and O–H groups in total. The van der Waals surface area contributed by atoms with Gasteiger partial charge in [-0.2, -0.15) is 5.10 Å². The van der Waals surface area contributed by atoms with Gasteiger partial charge in [-0.05, 0) is 52.7 Å². The van der Waals surface area contributed by atoms with E-state index in [1.807, 2.05) is 0 Å². The minimum absolute atomic E-state index is 0.0992. The van der Waals surface area contributed by atoms with E-state index in [0.29, 0.717) is 18.4 Å². The van der Waals surface area contributed by atoms with Gasteiger partial charge in [0.25, 0.3) is 5.91 Å². The van der Waals surface area contributed by atoms with Crippen LogP contribution in [0.5, 0.6) is 0 Å². The first-order chi connectivity index (χ1) is 21.3. The highest BCUT2D eigenvalue weighted by molar-refractivity contribution is 7.51. The van der Waals surface area contributed by atoms with Crippen molar-refractivity contribution in [3.05, 3.63) is 51.3 Å². The number of ketones is 1. The zero-order chi connectivity index (χ0) is 33.1. The zero-order valence-electron chi connectivity index (χ0n) is 25.1. The first-order valence-electron chi connectivity index (χ1n) is 13.9. The lowest BCUT2D eigenvalue weighted by molar-refractivity contribution is -0.0384. The highest BCUT2D eigenvalue weighted by Crippen LogP contribution is 2.53. The predicted molar refractivity (Wildman–Crippen MR) is 160 cm³/mol. The fraction of sp³-hybridized carbons (Fsp3) is 0.519. The Kier molecular flexibility index (Phi) is 13.6. The number of amides is 1. The molecule has 0 unspecified atom stereocenters. The summed E-state index contributed by atoms with van der Waals surface area (Å²) in [5.41, 5.74) is 0.602. The number of hydrogen-bond acceptors (Lipinski definition) is 12. The molecule has 45 heavy (non-hydrogen) atoms. The number of aromatic amines is 1. The Hall–Kier alpha value is -3.20. The van der Waals surface area contributed by atoms with Gasteiger partial charge in [0, 0.05) is 31.1 Å². The molecule has 1 aromatic heterocycles. The van der Waals surface area contributed by atoms with Crippen molar-refractivity contribution in [2.75, 3.05) is 26.7 Å². The molecule has 248 valence electrons. The van der Waals surface area contributed by atoms with E-state index in [2.05, 4.69) is 15.5 Å². The lowest BCUT2D eigenvalue weighted by Crippen LogP contribution is -2.44. The maximum atomic E-state index is 13.7. The molecule has 1 aliphatic rings. The summed E-state index contributed by atoms with van der Waals surface area (Å²) in [6, 6.07) is 4.36. The summed E-state index contributed by atoms with van der Waals surface area (Å²) in [4.78, 5) is 49.4. The van der Waals surface area contributed by atoms with Crippen molar-refractivity contribution in [3.8, 4) is 0 Å². The lowest BCUT2D eigenvalue weighted by Gasteiger charge is -2.35. The number of benzene rings is 1. The molecule has 0 bridgehead atoms. The smallest absolute Gasteiger partial charge is 0.432 e. The molecule has 2 aromatic rings. The monoisotopic (exact) mass is 692 g/mol. The van der Waals surface area contributed by atoms with Crippen LogP contribution in [0.15, 0.2) is 24.4 Å². The first kappa shape index (κ1) is 36.3. The van der Waals surface area contributed by atoms with Gasteiger partial charge < -0.3 is 24.3 Å². The predicted octanol–water partition coefficient (Wildman–Crippen LogP) is 5.52. The summed E-state index contributed by atoms with van der Waals surface area (Å²) < 4.78 is 45.0. The van der Waals surface area contributed by atoms with Gasteiger partial charge in [-0.1, -0.05) is 29.3 Å². The Morgan fingerprint density at radius 2 is 1.51 bits per heavy atom. The molecular weight excluding hydrogens is 658 g/mol. The third-order valence-electron chi connectivity index (χ3n) is 6.14. The molecule has 3 rings (SSSR count). The van der Waals surface area contributed by atoms with Crippen molar-refractivity contribution in [2.45, 2.75) is 65.2 Å². The molecule has 1 saturated heterocycles. The van der Waals surface area contributed by atoms with Crippen LogP contribution in [0.3, 0.4) is 0 Å². The van der Waals surface area contributed by atoms with Crippen LogP contribution in [0.1, 0.15) is 66.9 Å². The Balaban J connectivity index is 1.59. The number of aromatic nitrogens is 2. The minimum Gasteiger partial charge on any atom is -0.432 e. The molecule has 1 aliphatic heterocycles. The Labute approximate surface area is 269 Å². The van der Waals surface area contributed by atoms with Crippen molar-refractivity contribution >= 4 is 54.9 Å². The minimum atomic E-state index is -4.17. The quantitative estimate of drug-likeness (QED) is 0.109. The van der Waals surface area contributed by atoms with Crippen LogP contribution in [0.2, 0.25) is 10.0 Å².